The summed E-state index contributed by atoms with van der Waals surface area (Å²) in [4.78, 5) is 15.5. The molecule has 0 unspecified atom stereocenters. The lowest BCUT2D eigenvalue weighted by molar-refractivity contribution is -0.0887. The number of carbonyl (C=O) groups excluding carboxylic acids is 1. The molecule has 7 heteroatoms. The number of fused-ring (bicyclic) bond motifs is 1. The van der Waals surface area contributed by atoms with Gasteiger partial charge in [0, 0.05) is 5.92 Å². The van der Waals surface area contributed by atoms with Crippen LogP contribution >= 0.6 is 15.9 Å². The van der Waals surface area contributed by atoms with Gasteiger partial charge in [-0.1, -0.05) is 12.5 Å². The summed E-state index contributed by atoms with van der Waals surface area (Å²) in [6, 6.07) is 4.80. The van der Waals surface area contributed by atoms with Gasteiger partial charge in [-0.05, 0) is 40.9 Å². The Labute approximate surface area is 120 Å². The fourth-order valence-electron chi connectivity index (χ4n) is 2.36. The first-order chi connectivity index (χ1) is 9.39. The number of Topliss-reactive ketones (excluding diaryl/α,β-unsaturated/α-hetero) is 1. The molecular weight excluding hydrogens is 337 g/mol. The zero-order valence-corrected chi connectivity index (χ0v) is 11.8. The maximum absolute atomic E-state index is 12.7. The molecule has 1 aliphatic rings. The summed E-state index contributed by atoms with van der Waals surface area (Å²) in [5.74, 6) is -1.24. The molecule has 0 aliphatic heterocycles. The van der Waals surface area contributed by atoms with E-state index in [-0.39, 0.29) is 11.4 Å². The van der Waals surface area contributed by atoms with Crippen molar-refractivity contribution >= 4 is 27.2 Å². The molecule has 0 aromatic carbocycles. The highest BCUT2D eigenvalue weighted by atomic mass is 79.9. The third-order valence-corrected chi connectivity index (χ3v) is 4.20. The number of ketones is 1. The van der Waals surface area contributed by atoms with Crippen LogP contribution in [0.25, 0.3) is 5.52 Å². The first-order valence-corrected chi connectivity index (χ1v) is 6.97. The lowest BCUT2D eigenvalue weighted by Gasteiger charge is -2.24. The Morgan fingerprint density at radius 2 is 2.05 bits per heavy atom. The van der Waals surface area contributed by atoms with Crippen molar-refractivity contribution in [3.63, 3.8) is 0 Å². The molecule has 0 saturated heterocycles. The summed E-state index contributed by atoms with van der Waals surface area (Å²) in [5.41, 5.74) is -0.315. The number of halogens is 4. The molecule has 0 spiro atoms. The topological polar surface area (TPSA) is 34.4 Å². The van der Waals surface area contributed by atoms with Crippen molar-refractivity contribution in [1.82, 2.24) is 9.38 Å². The molecule has 0 radical (unpaired) electrons. The van der Waals surface area contributed by atoms with Crippen LogP contribution in [0.1, 0.15) is 41.5 Å². The standard InChI is InChI=1S/C13H10BrF3N2O/c14-9-6-2-5-8-10(11(20)13(15,16)17)18-12(19(8)9)7-3-1-4-7/h2,5-7H,1,3-4H2. The van der Waals surface area contributed by atoms with E-state index in [2.05, 4.69) is 20.9 Å². The Morgan fingerprint density at radius 1 is 1.35 bits per heavy atom. The predicted octanol–water partition coefficient (Wildman–Crippen LogP) is 4.11. The van der Waals surface area contributed by atoms with Gasteiger partial charge in [0.1, 0.15) is 11.5 Å². The first kappa shape index (κ1) is 13.6. The smallest absolute Gasteiger partial charge is 0.289 e. The highest BCUT2D eigenvalue weighted by molar-refractivity contribution is 9.10. The van der Waals surface area contributed by atoms with Crippen molar-refractivity contribution in [2.24, 2.45) is 0 Å². The molecular formula is C13H10BrF3N2O. The number of pyridine rings is 1. The zero-order valence-electron chi connectivity index (χ0n) is 10.2. The van der Waals surface area contributed by atoms with Crippen LogP contribution < -0.4 is 0 Å². The van der Waals surface area contributed by atoms with E-state index in [1.54, 1.807) is 16.5 Å². The molecule has 2 aromatic heterocycles. The fourth-order valence-corrected chi connectivity index (χ4v) is 2.89. The molecule has 0 N–H and O–H groups in total. The Bertz CT molecular complexity index is 689. The van der Waals surface area contributed by atoms with Gasteiger partial charge in [-0.15, -0.1) is 0 Å². The number of nitrogens with zero attached hydrogens (tertiary/aromatic N) is 2. The SMILES string of the molecule is O=C(c1nc(C2CCC2)n2c(Br)cccc12)C(F)(F)F. The van der Waals surface area contributed by atoms with Crippen LogP contribution in [0.4, 0.5) is 13.2 Å². The van der Waals surface area contributed by atoms with Crippen LogP contribution in [0.3, 0.4) is 0 Å². The quantitative estimate of drug-likeness (QED) is 0.605. The first-order valence-electron chi connectivity index (χ1n) is 6.18. The number of aromatic nitrogens is 2. The molecule has 3 nitrogen and oxygen atoms in total. The van der Waals surface area contributed by atoms with E-state index in [4.69, 9.17) is 0 Å². The van der Waals surface area contributed by atoms with Gasteiger partial charge < -0.3 is 0 Å². The molecule has 0 bridgehead atoms. The van der Waals surface area contributed by atoms with Gasteiger partial charge >= 0.3 is 6.18 Å². The maximum Gasteiger partial charge on any atom is 0.456 e. The van der Waals surface area contributed by atoms with Crippen molar-refractivity contribution in [3.05, 3.63) is 34.3 Å². The van der Waals surface area contributed by atoms with E-state index in [1.807, 2.05) is 0 Å². The van der Waals surface area contributed by atoms with Gasteiger partial charge in [-0.2, -0.15) is 13.2 Å². The van der Waals surface area contributed by atoms with Crippen LogP contribution in [0.15, 0.2) is 22.8 Å². The fraction of sp³-hybridized carbons (Fsp3) is 0.385. The highest BCUT2D eigenvalue weighted by Crippen LogP contribution is 2.38. The number of alkyl halides is 3. The van der Waals surface area contributed by atoms with Gasteiger partial charge in [0.05, 0.1) is 10.1 Å². The van der Waals surface area contributed by atoms with Crippen molar-refractivity contribution < 1.29 is 18.0 Å². The second-order valence-corrected chi connectivity index (χ2v) is 5.65. The predicted molar refractivity (Wildman–Crippen MR) is 69.9 cm³/mol. The van der Waals surface area contributed by atoms with Crippen LogP contribution in [-0.4, -0.2) is 21.3 Å². The number of carbonyl (C=O) groups is 1. The van der Waals surface area contributed by atoms with E-state index in [9.17, 15) is 18.0 Å². The minimum atomic E-state index is -4.91. The van der Waals surface area contributed by atoms with Crippen LogP contribution in [0.2, 0.25) is 0 Å². The van der Waals surface area contributed by atoms with Gasteiger partial charge in [-0.25, -0.2) is 4.98 Å². The third kappa shape index (κ3) is 2.04. The van der Waals surface area contributed by atoms with E-state index in [1.165, 1.54) is 6.07 Å². The number of imidazole rings is 1. The van der Waals surface area contributed by atoms with E-state index in [0.29, 0.717) is 10.4 Å². The Kier molecular flexibility index (Phi) is 3.12. The summed E-state index contributed by atoms with van der Waals surface area (Å²) >= 11 is 3.31. The molecule has 20 heavy (non-hydrogen) atoms. The Morgan fingerprint density at radius 3 is 2.60 bits per heavy atom. The Balaban J connectivity index is 2.23. The van der Waals surface area contributed by atoms with Crippen molar-refractivity contribution in [2.45, 2.75) is 31.4 Å². The second kappa shape index (κ2) is 4.58. The number of hydrogen-bond donors (Lipinski definition) is 0. The summed E-state index contributed by atoms with van der Waals surface area (Å²) in [6.07, 6.45) is -2.10. The lowest BCUT2D eigenvalue weighted by Crippen LogP contribution is -2.23. The van der Waals surface area contributed by atoms with Gasteiger partial charge in [0.15, 0.2) is 0 Å². The minimum absolute atomic E-state index is 0.121. The highest BCUT2D eigenvalue weighted by Gasteiger charge is 2.42. The average molecular weight is 347 g/mol. The minimum Gasteiger partial charge on any atom is -0.289 e. The van der Waals surface area contributed by atoms with Crippen molar-refractivity contribution in [1.29, 1.82) is 0 Å². The number of hydrogen-bond acceptors (Lipinski definition) is 2. The summed E-state index contributed by atoms with van der Waals surface area (Å²) < 4.78 is 40.2. The van der Waals surface area contributed by atoms with Crippen molar-refractivity contribution in [3.8, 4) is 0 Å². The molecule has 0 atom stereocenters. The molecule has 1 aliphatic carbocycles. The molecule has 2 aromatic rings. The summed E-state index contributed by atoms with van der Waals surface area (Å²) in [6.45, 7) is 0. The van der Waals surface area contributed by atoms with E-state index >= 15 is 0 Å². The monoisotopic (exact) mass is 346 g/mol. The molecule has 3 rings (SSSR count). The summed E-state index contributed by atoms with van der Waals surface area (Å²) in [5, 5.41) is 0. The van der Waals surface area contributed by atoms with E-state index in [0.717, 1.165) is 19.3 Å². The molecule has 1 saturated carbocycles. The lowest BCUT2D eigenvalue weighted by atomic mass is 9.85. The van der Waals surface area contributed by atoms with Crippen LogP contribution in [0.5, 0.6) is 0 Å². The van der Waals surface area contributed by atoms with E-state index < -0.39 is 17.7 Å². The summed E-state index contributed by atoms with van der Waals surface area (Å²) in [7, 11) is 0. The van der Waals surface area contributed by atoms with Crippen LogP contribution in [0, 0.1) is 0 Å². The van der Waals surface area contributed by atoms with Gasteiger partial charge in [-0.3, -0.25) is 9.20 Å². The van der Waals surface area contributed by atoms with Crippen LogP contribution in [-0.2, 0) is 0 Å². The maximum atomic E-state index is 12.7. The van der Waals surface area contributed by atoms with Gasteiger partial charge in [0.2, 0.25) is 0 Å². The average Bonchev–Trinajstić information content (AvgIpc) is 2.65. The van der Waals surface area contributed by atoms with Crippen molar-refractivity contribution in [2.75, 3.05) is 0 Å². The molecule has 106 valence electrons. The largest absolute Gasteiger partial charge is 0.456 e. The molecule has 1 fully saturated rings. The number of rotatable bonds is 2. The normalized spacial score (nSPS) is 16.4. The molecule has 2 heterocycles. The second-order valence-electron chi connectivity index (χ2n) is 4.84. The zero-order chi connectivity index (χ0) is 14.5. The molecule has 0 amide bonds. The Hall–Kier alpha value is -1.37. The third-order valence-electron chi connectivity index (χ3n) is 3.58. The van der Waals surface area contributed by atoms with Gasteiger partial charge in [0.25, 0.3) is 5.78 Å².